The molecule has 2 saturated heterocycles. The normalized spacial score (nSPS) is 21.0. The molecule has 10 heteroatoms. The van der Waals surface area contributed by atoms with Crippen LogP contribution in [-0.2, 0) is 4.74 Å². The highest BCUT2D eigenvalue weighted by Gasteiger charge is 2.43. The van der Waals surface area contributed by atoms with Gasteiger partial charge in [-0.1, -0.05) is 18.2 Å². The number of ether oxygens (including phenoxy) is 1. The van der Waals surface area contributed by atoms with Gasteiger partial charge in [-0.25, -0.2) is 18.2 Å². The number of pyridine rings is 1. The fraction of sp³-hybridized carbons (Fsp3) is 0.409. The van der Waals surface area contributed by atoms with Gasteiger partial charge in [0.05, 0.1) is 42.6 Å². The van der Waals surface area contributed by atoms with Crippen molar-refractivity contribution in [1.29, 1.82) is 0 Å². The average molecular weight is 445 g/mol. The van der Waals surface area contributed by atoms with Crippen LogP contribution in [0, 0.1) is 12.7 Å². The van der Waals surface area contributed by atoms with Gasteiger partial charge in [0, 0.05) is 10.9 Å². The van der Waals surface area contributed by atoms with Crippen molar-refractivity contribution < 1.29 is 23.0 Å². The molecule has 2 aliphatic heterocycles. The molecule has 2 aliphatic rings. The lowest BCUT2D eigenvalue weighted by molar-refractivity contribution is 0.00995. The first kappa shape index (κ1) is 20.7. The summed E-state index contributed by atoms with van der Waals surface area (Å²) < 4.78 is 46.4. The summed E-state index contributed by atoms with van der Waals surface area (Å²) in [4.78, 5) is 6.46. The third-order valence-electron chi connectivity index (χ3n) is 6.22. The predicted octanol–water partition coefficient (Wildman–Crippen LogP) is 4.27. The summed E-state index contributed by atoms with van der Waals surface area (Å²) in [5.74, 6) is -0.716. The van der Waals surface area contributed by atoms with Crippen LogP contribution in [0.25, 0.3) is 10.9 Å². The molecule has 0 amide bonds. The number of alkyl halides is 2. The first-order chi connectivity index (χ1) is 15.3. The largest absolute Gasteiger partial charge is 0.492 e. The van der Waals surface area contributed by atoms with Gasteiger partial charge in [0.15, 0.2) is 5.82 Å². The third kappa shape index (κ3) is 3.29. The third-order valence-corrected chi connectivity index (χ3v) is 6.22. The van der Waals surface area contributed by atoms with Crippen LogP contribution in [0.4, 0.5) is 24.7 Å². The maximum absolute atomic E-state index is 14.6. The Morgan fingerprint density at radius 1 is 1.19 bits per heavy atom. The molecule has 2 bridgehead atoms. The van der Waals surface area contributed by atoms with Crippen molar-refractivity contribution in [2.24, 2.45) is 0 Å². The van der Waals surface area contributed by atoms with Gasteiger partial charge in [-0.15, -0.1) is 5.10 Å². The number of hydrogen-bond acceptors (Lipinski definition) is 7. The van der Waals surface area contributed by atoms with Crippen molar-refractivity contribution in [3.63, 3.8) is 0 Å². The van der Waals surface area contributed by atoms with E-state index in [1.165, 1.54) is 12.1 Å². The Hall–Kier alpha value is -3.14. The number of nitrogens with one attached hydrogen (secondary N) is 1. The van der Waals surface area contributed by atoms with Crippen LogP contribution in [0.1, 0.15) is 42.6 Å². The van der Waals surface area contributed by atoms with Gasteiger partial charge >= 0.3 is 0 Å². The fourth-order valence-corrected chi connectivity index (χ4v) is 4.56. The van der Waals surface area contributed by atoms with E-state index in [0.717, 1.165) is 12.5 Å². The number of anilines is 2. The molecule has 0 spiro atoms. The molecule has 0 radical (unpaired) electrons. The second-order valence-electron chi connectivity index (χ2n) is 8.27. The molecule has 2 aromatic heterocycles. The van der Waals surface area contributed by atoms with Crippen molar-refractivity contribution in [2.75, 3.05) is 23.4 Å². The zero-order chi connectivity index (χ0) is 22.6. The van der Waals surface area contributed by atoms with Crippen molar-refractivity contribution in [3.8, 4) is 5.88 Å². The van der Waals surface area contributed by atoms with E-state index in [2.05, 4.69) is 25.4 Å². The van der Waals surface area contributed by atoms with E-state index in [1.54, 1.807) is 19.9 Å². The number of morpholine rings is 1. The summed E-state index contributed by atoms with van der Waals surface area (Å²) in [5, 5.41) is 22.6. The van der Waals surface area contributed by atoms with Crippen molar-refractivity contribution in [3.05, 3.63) is 46.9 Å². The highest BCUT2D eigenvalue weighted by Crippen LogP contribution is 2.42. The lowest BCUT2D eigenvalue weighted by Crippen LogP contribution is -2.64. The zero-order valence-corrected chi connectivity index (χ0v) is 17.5. The number of halogens is 3. The molecule has 0 saturated carbocycles. The first-order valence-corrected chi connectivity index (χ1v) is 10.4. The Balaban J connectivity index is 1.54. The standard InChI is InChI=1S/C22H22F3N5O2/c1-10(14-4-3-5-15(18(14)23)20(24)25)26-21-16-7-17(30-12-6-13(30)9-32-8-12)22(31)27-19(16)11(2)28-29-21/h3-5,7,10,12-13,20H,6,8-9H2,1-2H3,(H,26,29)(H,27,31)/t10-,12?,13?/m1/s1. The molecule has 2 N–H and O–H groups in total. The molecular formula is C22H22F3N5O2. The number of aromatic nitrogens is 3. The molecule has 3 aromatic rings. The van der Waals surface area contributed by atoms with Gasteiger partial charge in [-0.05, 0) is 26.3 Å². The predicted molar refractivity (Wildman–Crippen MR) is 113 cm³/mol. The summed E-state index contributed by atoms with van der Waals surface area (Å²) in [7, 11) is 0. The average Bonchev–Trinajstić information content (AvgIpc) is 2.77. The quantitative estimate of drug-likeness (QED) is 0.607. The minimum Gasteiger partial charge on any atom is -0.492 e. The maximum Gasteiger partial charge on any atom is 0.266 e. The monoisotopic (exact) mass is 445 g/mol. The van der Waals surface area contributed by atoms with Crippen LogP contribution in [0.5, 0.6) is 5.88 Å². The van der Waals surface area contributed by atoms with Crippen LogP contribution in [-0.4, -0.2) is 45.6 Å². The molecule has 2 unspecified atom stereocenters. The molecule has 32 heavy (non-hydrogen) atoms. The second kappa shape index (κ2) is 7.77. The van der Waals surface area contributed by atoms with Gasteiger partial charge in [0.25, 0.3) is 6.43 Å². The Labute approximate surface area is 182 Å². The molecule has 7 nitrogen and oxygen atoms in total. The number of benzene rings is 1. The zero-order valence-electron chi connectivity index (χ0n) is 17.5. The van der Waals surface area contributed by atoms with E-state index in [-0.39, 0.29) is 23.5 Å². The molecule has 4 heterocycles. The Morgan fingerprint density at radius 3 is 2.59 bits per heavy atom. The smallest absolute Gasteiger partial charge is 0.266 e. The van der Waals surface area contributed by atoms with E-state index < -0.39 is 23.8 Å². The highest BCUT2D eigenvalue weighted by molar-refractivity contribution is 5.94. The van der Waals surface area contributed by atoms with Gasteiger partial charge in [-0.3, -0.25) is 0 Å². The van der Waals surface area contributed by atoms with Crippen LogP contribution in [0.3, 0.4) is 0 Å². The van der Waals surface area contributed by atoms with Crippen LogP contribution in [0.15, 0.2) is 24.3 Å². The summed E-state index contributed by atoms with van der Waals surface area (Å²) in [5.41, 5.74) is 1.02. The van der Waals surface area contributed by atoms with Crippen LogP contribution in [0.2, 0.25) is 0 Å². The lowest BCUT2D eigenvalue weighted by Gasteiger charge is -2.53. The van der Waals surface area contributed by atoms with Crippen LogP contribution >= 0.6 is 0 Å². The van der Waals surface area contributed by atoms with Crippen molar-refractivity contribution >= 4 is 22.4 Å². The van der Waals surface area contributed by atoms with Gasteiger partial charge < -0.3 is 20.1 Å². The Bertz CT molecular complexity index is 1180. The lowest BCUT2D eigenvalue weighted by atomic mass is 9.90. The Morgan fingerprint density at radius 2 is 1.91 bits per heavy atom. The van der Waals surface area contributed by atoms with Gasteiger partial charge in [0.1, 0.15) is 17.0 Å². The molecule has 168 valence electrons. The maximum atomic E-state index is 14.6. The van der Waals surface area contributed by atoms with Gasteiger partial charge in [-0.2, -0.15) is 5.10 Å². The van der Waals surface area contributed by atoms with Crippen molar-refractivity contribution in [1.82, 2.24) is 15.2 Å². The molecule has 5 rings (SSSR count). The van der Waals surface area contributed by atoms with E-state index in [4.69, 9.17) is 4.74 Å². The highest BCUT2D eigenvalue weighted by atomic mass is 19.3. The van der Waals surface area contributed by atoms with E-state index in [1.807, 2.05) is 0 Å². The second-order valence-corrected chi connectivity index (χ2v) is 8.27. The minimum absolute atomic E-state index is 0.0970. The molecule has 1 aromatic carbocycles. The Kier molecular flexibility index (Phi) is 5.04. The number of fused-ring (bicyclic) bond motifs is 3. The summed E-state index contributed by atoms with van der Waals surface area (Å²) in [6.07, 6.45) is -1.91. The van der Waals surface area contributed by atoms with E-state index in [9.17, 15) is 18.3 Å². The first-order valence-electron chi connectivity index (χ1n) is 10.4. The molecule has 3 atom stereocenters. The molecular weight excluding hydrogens is 423 g/mol. The summed E-state index contributed by atoms with van der Waals surface area (Å²) in [6.45, 7) is 4.56. The number of rotatable bonds is 5. The molecule has 2 fully saturated rings. The number of hydrogen-bond donors (Lipinski definition) is 2. The molecule has 0 aliphatic carbocycles. The van der Waals surface area contributed by atoms with Gasteiger partial charge in [0.2, 0.25) is 5.88 Å². The number of nitrogens with zero attached hydrogens (tertiary/aromatic N) is 4. The fourth-order valence-electron chi connectivity index (χ4n) is 4.56. The number of aryl methyl sites for hydroxylation is 1. The van der Waals surface area contributed by atoms with E-state index >= 15 is 0 Å². The summed E-state index contributed by atoms with van der Waals surface area (Å²) in [6, 6.07) is 5.42. The minimum atomic E-state index is -2.91. The number of aromatic hydroxyl groups is 1. The van der Waals surface area contributed by atoms with Crippen LogP contribution < -0.4 is 10.2 Å². The van der Waals surface area contributed by atoms with Crippen molar-refractivity contribution in [2.45, 2.75) is 44.8 Å². The van der Waals surface area contributed by atoms with E-state index in [0.29, 0.717) is 41.3 Å². The summed E-state index contributed by atoms with van der Waals surface area (Å²) >= 11 is 0. The topological polar surface area (TPSA) is 83.4 Å². The SMILES string of the molecule is Cc1nnc(N[C@H](C)c2cccc(C(F)F)c2F)c2cc(N3C4COCC3C4)c(O)nc12.